The predicted molar refractivity (Wildman–Crippen MR) is 127 cm³/mol. The fourth-order valence-electron chi connectivity index (χ4n) is 4.75. The van der Waals surface area contributed by atoms with E-state index in [0.717, 1.165) is 5.56 Å². The van der Waals surface area contributed by atoms with Crippen molar-refractivity contribution in [2.75, 3.05) is 18.2 Å². The number of methoxy groups -OCH3 is 1. The van der Waals surface area contributed by atoms with Crippen molar-refractivity contribution in [1.82, 2.24) is 5.32 Å². The average molecular weight is 460 g/mol. The van der Waals surface area contributed by atoms with Gasteiger partial charge in [-0.1, -0.05) is 38.1 Å². The number of anilines is 2. The summed E-state index contributed by atoms with van der Waals surface area (Å²) in [4.78, 5) is 27.1. The third-order valence-corrected chi connectivity index (χ3v) is 6.52. The van der Waals surface area contributed by atoms with Gasteiger partial charge < -0.3 is 30.9 Å². The Morgan fingerprint density at radius 2 is 1.82 bits per heavy atom. The van der Waals surface area contributed by atoms with Gasteiger partial charge in [0, 0.05) is 22.5 Å². The molecule has 2 unspecified atom stereocenters. The van der Waals surface area contributed by atoms with E-state index in [1.165, 1.54) is 0 Å². The van der Waals surface area contributed by atoms with Gasteiger partial charge in [-0.25, -0.2) is 4.79 Å². The molecule has 3 aromatic rings. The van der Waals surface area contributed by atoms with Gasteiger partial charge in [0.15, 0.2) is 0 Å². The number of ketones is 1. The molecule has 0 fully saturated rings. The maximum absolute atomic E-state index is 13.9. The first-order chi connectivity index (χ1) is 16.2. The first-order valence-corrected chi connectivity index (χ1v) is 10.9. The van der Waals surface area contributed by atoms with Crippen LogP contribution >= 0.6 is 0 Å². The number of urea groups is 1. The van der Waals surface area contributed by atoms with Gasteiger partial charge in [0.25, 0.3) is 5.79 Å². The SMILES string of the molecule is COc1ccc(NC(=O)NC23C(=O)c4c(N)cccc4C2(O)Oc2cc(C(C)C)ccc23)cc1. The van der Waals surface area contributed by atoms with E-state index in [-0.39, 0.29) is 22.7 Å². The van der Waals surface area contributed by atoms with Gasteiger partial charge in [-0.3, -0.25) is 4.79 Å². The van der Waals surface area contributed by atoms with Gasteiger partial charge in [0.05, 0.1) is 12.7 Å². The third kappa shape index (κ3) is 2.88. The smallest absolute Gasteiger partial charge is 0.320 e. The molecule has 1 aliphatic heterocycles. The van der Waals surface area contributed by atoms with Crippen molar-refractivity contribution in [2.24, 2.45) is 0 Å². The van der Waals surface area contributed by atoms with Crippen molar-refractivity contribution >= 4 is 23.2 Å². The van der Waals surface area contributed by atoms with E-state index in [4.69, 9.17) is 15.2 Å². The largest absolute Gasteiger partial charge is 0.497 e. The van der Waals surface area contributed by atoms with Crippen molar-refractivity contribution in [3.05, 3.63) is 82.9 Å². The lowest BCUT2D eigenvalue weighted by atomic mass is 9.82. The molecule has 2 amide bonds. The zero-order chi connectivity index (χ0) is 24.3. The molecule has 0 spiro atoms. The lowest BCUT2D eigenvalue weighted by Gasteiger charge is -2.34. The Labute approximate surface area is 196 Å². The minimum Gasteiger partial charge on any atom is -0.497 e. The van der Waals surface area contributed by atoms with Crippen molar-refractivity contribution in [1.29, 1.82) is 0 Å². The van der Waals surface area contributed by atoms with Crippen LogP contribution < -0.4 is 25.8 Å². The number of carbonyl (C=O) groups is 2. The molecule has 34 heavy (non-hydrogen) atoms. The molecule has 0 radical (unpaired) electrons. The molecule has 1 heterocycles. The van der Waals surface area contributed by atoms with Gasteiger partial charge in [0.1, 0.15) is 11.5 Å². The van der Waals surface area contributed by atoms with E-state index in [1.54, 1.807) is 61.7 Å². The maximum Gasteiger partial charge on any atom is 0.320 e. The van der Waals surface area contributed by atoms with Gasteiger partial charge in [0.2, 0.25) is 11.3 Å². The Balaban J connectivity index is 1.61. The summed E-state index contributed by atoms with van der Waals surface area (Å²) in [5.41, 5.74) is 6.58. The molecule has 1 aliphatic carbocycles. The zero-order valence-corrected chi connectivity index (χ0v) is 19.0. The molecule has 3 aromatic carbocycles. The van der Waals surface area contributed by atoms with Crippen molar-refractivity contribution < 1.29 is 24.2 Å². The number of hydrogen-bond acceptors (Lipinski definition) is 6. The number of ether oxygens (including phenoxy) is 2. The fraction of sp³-hybridized carbons (Fsp3) is 0.231. The minimum absolute atomic E-state index is 0.133. The van der Waals surface area contributed by atoms with E-state index in [1.807, 2.05) is 19.9 Å². The highest BCUT2D eigenvalue weighted by molar-refractivity contribution is 6.15. The van der Waals surface area contributed by atoms with Gasteiger partial charge in [-0.2, -0.15) is 0 Å². The van der Waals surface area contributed by atoms with Crippen LogP contribution in [0.2, 0.25) is 0 Å². The summed E-state index contributed by atoms with van der Waals surface area (Å²) >= 11 is 0. The Morgan fingerprint density at radius 3 is 2.50 bits per heavy atom. The van der Waals surface area contributed by atoms with Crippen LogP contribution in [0.5, 0.6) is 11.5 Å². The summed E-state index contributed by atoms with van der Waals surface area (Å²) in [5, 5.41) is 17.4. The summed E-state index contributed by atoms with van der Waals surface area (Å²) in [5.74, 6) is -1.53. The van der Waals surface area contributed by atoms with Gasteiger partial charge in [-0.15, -0.1) is 0 Å². The number of nitrogens with one attached hydrogen (secondary N) is 2. The highest BCUT2D eigenvalue weighted by Gasteiger charge is 2.72. The molecule has 174 valence electrons. The highest BCUT2D eigenvalue weighted by atomic mass is 16.6. The first-order valence-electron chi connectivity index (χ1n) is 10.9. The highest BCUT2D eigenvalue weighted by Crippen LogP contribution is 2.59. The fourth-order valence-corrected chi connectivity index (χ4v) is 4.75. The number of Topliss-reactive ketones (excluding diaryl/α,β-unsaturated/α-hetero) is 1. The van der Waals surface area contributed by atoms with Crippen molar-refractivity contribution in [2.45, 2.75) is 31.1 Å². The van der Waals surface area contributed by atoms with Crippen molar-refractivity contribution in [3.63, 3.8) is 0 Å². The van der Waals surface area contributed by atoms with Crippen LogP contribution in [0.25, 0.3) is 0 Å². The number of fused-ring (bicyclic) bond motifs is 5. The van der Waals surface area contributed by atoms with E-state index in [0.29, 0.717) is 22.7 Å². The molecule has 5 rings (SSSR count). The predicted octanol–water partition coefficient (Wildman–Crippen LogP) is 3.85. The second kappa shape index (κ2) is 7.50. The van der Waals surface area contributed by atoms with Crippen LogP contribution in [-0.2, 0) is 11.3 Å². The van der Waals surface area contributed by atoms with E-state index in [2.05, 4.69) is 10.6 Å². The Morgan fingerprint density at radius 1 is 1.09 bits per heavy atom. The van der Waals surface area contributed by atoms with Crippen LogP contribution in [0.3, 0.4) is 0 Å². The molecular formula is C26H25N3O5. The lowest BCUT2D eigenvalue weighted by molar-refractivity contribution is -0.168. The molecule has 0 saturated carbocycles. The Hall–Kier alpha value is -4.04. The molecule has 0 bridgehead atoms. The number of carbonyl (C=O) groups excluding carboxylic acids is 2. The number of nitrogens with two attached hydrogens (primary N) is 1. The van der Waals surface area contributed by atoms with Crippen LogP contribution in [-0.4, -0.2) is 24.0 Å². The normalized spacial score (nSPS) is 22.0. The standard InChI is InChI=1S/C26H25N3O5/c1-14(2)15-7-12-18-21(13-15)34-26(32)19-5-4-6-20(27)22(19)23(30)25(18,26)29-24(31)28-16-8-10-17(33-3)11-9-16/h4-14,32H,27H2,1-3H3,(H2,28,29,31). The van der Waals surface area contributed by atoms with E-state index in [9.17, 15) is 14.7 Å². The second-order valence-corrected chi connectivity index (χ2v) is 8.81. The summed E-state index contributed by atoms with van der Waals surface area (Å²) in [6.45, 7) is 4.06. The molecule has 0 saturated heterocycles. The molecular weight excluding hydrogens is 434 g/mol. The lowest BCUT2D eigenvalue weighted by Crippen LogP contribution is -2.60. The topological polar surface area (TPSA) is 123 Å². The molecule has 0 aromatic heterocycles. The van der Waals surface area contributed by atoms with E-state index < -0.39 is 23.1 Å². The molecule has 5 N–H and O–H groups in total. The zero-order valence-electron chi connectivity index (χ0n) is 19.0. The van der Waals surface area contributed by atoms with Crippen LogP contribution in [0.4, 0.5) is 16.2 Å². The minimum atomic E-state index is -2.16. The number of hydrogen-bond donors (Lipinski definition) is 4. The van der Waals surface area contributed by atoms with Crippen molar-refractivity contribution in [3.8, 4) is 11.5 Å². The quantitative estimate of drug-likeness (QED) is 0.440. The number of benzene rings is 3. The molecule has 8 nitrogen and oxygen atoms in total. The van der Waals surface area contributed by atoms with E-state index >= 15 is 0 Å². The van der Waals surface area contributed by atoms with Crippen LogP contribution in [0.15, 0.2) is 60.7 Å². The Bertz CT molecular complexity index is 1320. The monoisotopic (exact) mass is 459 g/mol. The maximum atomic E-state index is 13.9. The van der Waals surface area contributed by atoms with Gasteiger partial charge >= 0.3 is 6.03 Å². The number of rotatable bonds is 4. The third-order valence-electron chi connectivity index (χ3n) is 6.52. The summed E-state index contributed by atoms with van der Waals surface area (Å²) in [7, 11) is 1.55. The first kappa shape index (κ1) is 21.8. The number of amides is 2. The van der Waals surface area contributed by atoms with Crippen LogP contribution in [0, 0.1) is 0 Å². The molecule has 2 aliphatic rings. The summed E-state index contributed by atoms with van der Waals surface area (Å²) < 4.78 is 11.2. The summed E-state index contributed by atoms with van der Waals surface area (Å²) in [6.07, 6.45) is 0. The van der Waals surface area contributed by atoms with Crippen LogP contribution in [0.1, 0.15) is 46.8 Å². The summed E-state index contributed by atoms with van der Waals surface area (Å²) in [6, 6.07) is 16.2. The number of nitrogen functional groups attached to an aromatic ring is 1. The Kier molecular flexibility index (Phi) is 4.80. The molecule has 2 atom stereocenters. The molecule has 8 heteroatoms. The average Bonchev–Trinajstić information content (AvgIpc) is 3.17. The second-order valence-electron chi connectivity index (χ2n) is 8.81. The number of aliphatic hydroxyl groups is 1. The van der Waals surface area contributed by atoms with Gasteiger partial charge in [-0.05, 0) is 47.9 Å².